The SMILES string of the molecule is N=[SH+](c1ccccc1)C1CC1. The van der Waals surface area contributed by atoms with E-state index in [1.807, 2.05) is 18.2 Å². The van der Waals surface area contributed by atoms with Crippen LogP contribution in [0.5, 0.6) is 0 Å². The Morgan fingerprint density at radius 1 is 1.18 bits per heavy atom. The van der Waals surface area contributed by atoms with Crippen molar-refractivity contribution in [2.24, 2.45) is 0 Å². The van der Waals surface area contributed by atoms with Gasteiger partial charge in [0.1, 0.15) is 10.1 Å². The van der Waals surface area contributed by atoms with E-state index in [-0.39, 0.29) is 0 Å². The minimum Gasteiger partial charge on any atom is -0.154 e. The van der Waals surface area contributed by atoms with Gasteiger partial charge in [-0.05, 0) is 35.7 Å². The molecule has 1 aromatic carbocycles. The summed E-state index contributed by atoms with van der Waals surface area (Å²) in [5, 5.41) is 0.715. The summed E-state index contributed by atoms with van der Waals surface area (Å²) >= 11 is 0. The summed E-state index contributed by atoms with van der Waals surface area (Å²) in [6, 6.07) is 10.2. The molecule has 1 aromatic rings. The van der Waals surface area contributed by atoms with E-state index in [9.17, 15) is 0 Å². The third kappa shape index (κ3) is 1.51. The zero-order valence-corrected chi connectivity index (χ0v) is 7.22. The summed E-state index contributed by atoms with van der Waals surface area (Å²) in [5.74, 6) is 0. The average Bonchev–Trinajstić information content (AvgIpc) is 2.87. The number of hydrogen-bond acceptors (Lipinski definition) is 1. The fourth-order valence-corrected chi connectivity index (χ4v) is 2.71. The Kier molecular flexibility index (Phi) is 1.78. The molecule has 0 bridgehead atoms. The number of nitrogens with one attached hydrogen (secondary N) is 1. The molecule has 0 heterocycles. The zero-order valence-electron chi connectivity index (χ0n) is 6.33. The maximum absolute atomic E-state index is 7.90. The van der Waals surface area contributed by atoms with E-state index in [4.69, 9.17) is 4.78 Å². The van der Waals surface area contributed by atoms with Crippen molar-refractivity contribution in [1.29, 1.82) is 4.78 Å². The van der Waals surface area contributed by atoms with Gasteiger partial charge >= 0.3 is 0 Å². The normalized spacial score (nSPS) is 19.6. The first kappa shape index (κ1) is 7.04. The maximum Gasteiger partial charge on any atom is 0.136 e. The van der Waals surface area contributed by atoms with Crippen LogP contribution in [-0.4, -0.2) is 5.25 Å². The average molecular weight is 166 g/mol. The molecule has 0 radical (unpaired) electrons. The molecule has 2 rings (SSSR count). The highest BCUT2D eigenvalue weighted by molar-refractivity contribution is 7.87. The van der Waals surface area contributed by atoms with E-state index in [1.54, 1.807) is 0 Å². The van der Waals surface area contributed by atoms with Crippen molar-refractivity contribution in [3.05, 3.63) is 30.3 Å². The summed E-state index contributed by atoms with van der Waals surface area (Å²) in [4.78, 5) is 1.24. The lowest BCUT2D eigenvalue weighted by Crippen LogP contribution is -1.94. The molecule has 0 aliphatic heterocycles. The molecular weight excluding hydrogens is 154 g/mol. The fourth-order valence-electron chi connectivity index (χ4n) is 1.13. The van der Waals surface area contributed by atoms with Gasteiger partial charge in [-0.15, -0.1) is 0 Å². The van der Waals surface area contributed by atoms with Crippen LogP contribution in [0.1, 0.15) is 12.8 Å². The number of benzene rings is 1. The second-order valence-corrected chi connectivity index (χ2v) is 4.92. The lowest BCUT2D eigenvalue weighted by atomic mass is 10.4. The van der Waals surface area contributed by atoms with E-state index in [1.165, 1.54) is 17.7 Å². The lowest BCUT2D eigenvalue weighted by molar-refractivity contribution is 1.36. The topological polar surface area (TPSA) is 23.9 Å². The smallest absolute Gasteiger partial charge is 0.136 e. The fraction of sp³-hybridized carbons (Fsp3) is 0.333. The molecule has 1 aliphatic rings. The largest absolute Gasteiger partial charge is 0.154 e. The van der Waals surface area contributed by atoms with Crippen molar-refractivity contribution in [2.45, 2.75) is 23.0 Å². The second-order valence-electron chi connectivity index (χ2n) is 2.94. The molecule has 2 heteroatoms. The maximum atomic E-state index is 7.90. The monoisotopic (exact) mass is 166 g/mol. The van der Waals surface area contributed by atoms with Crippen LogP contribution in [-0.2, 0) is 10.7 Å². The quantitative estimate of drug-likeness (QED) is 0.515. The first-order valence-corrected chi connectivity index (χ1v) is 5.34. The Balaban J connectivity index is 2.22. The van der Waals surface area contributed by atoms with Crippen molar-refractivity contribution >= 4 is 10.7 Å². The Bertz CT molecular complexity index is 264. The lowest BCUT2D eigenvalue weighted by Gasteiger charge is -1.94. The second kappa shape index (κ2) is 2.78. The number of thiol groups is 1. The van der Waals surface area contributed by atoms with Gasteiger partial charge < -0.3 is 0 Å². The van der Waals surface area contributed by atoms with Crippen molar-refractivity contribution in [3.8, 4) is 0 Å². The minimum atomic E-state index is -0.574. The Labute approximate surface area is 69.3 Å². The van der Waals surface area contributed by atoms with Crippen LogP contribution in [0, 0.1) is 4.78 Å². The Morgan fingerprint density at radius 2 is 1.82 bits per heavy atom. The summed E-state index contributed by atoms with van der Waals surface area (Å²) in [6.45, 7) is 0. The summed E-state index contributed by atoms with van der Waals surface area (Å²) in [5.41, 5.74) is 0. The standard InChI is InChI=1S/C9H11NS/c10-11(9-6-7-9)8-4-2-1-3-5-8/h1-5,9-10H,6-7H2/p+1. The zero-order chi connectivity index (χ0) is 7.68. The molecule has 0 spiro atoms. The van der Waals surface area contributed by atoms with Gasteiger partial charge in [0.25, 0.3) is 0 Å². The first-order valence-electron chi connectivity index (χ1n) is 3.93. The van der Waals surface area contributed by atoms with Crippen molar-refractivity contribution in [2.75, 3.05) is 0 Å². The molecule has 1 fully saturated rings. The van der Waals surface area contributed by atoms with Crippen LogP contribution in [0.4, 0.5) is 0 Å². The predicted molar refractivity (Wildman–Crippen MR) is 49.2 cm³/mol. The van der Waals surface area contributed by atoms with Crippen LogP contribution in [0.25, 0.3) is 0 Å². The van der Waals surface area contributed by atoms with Crippen molar-refractivity contribution < 1.29 is 0 Å². The predicted octanol–water partition coefficient (Wildman–Crippen LogP) is 2.32. The molecule has 0 aromatic heterocycles. The van der Waals surface area contributed by atoms with E-state index in [2.05, 4.69) is 12.1 Å². The molecule has 0 amide bonds. The van der Waals surface area contributed by atoms with Gasteiger partial charge in [-0.2, -0.15) is 4.78 Å². The highest BCUT2D eigenvalue weighted by atomic mass is 32.2. The molecule has 1 nitrogen and oxygen atoms in total. The highest BCUT2D eigenvalue weighted by Crippen LogP contribution is 2.30. The molecule has 11 heavy (non-hydrogen) atoms. The Hall–Kier alpha value is -0.630. The molecule has 0 saturated heterocycles. The number of hydrogen-bond donors (Lipinski definition) is 1. The van der Waals surface area contributed by atoms with Gasteiger partial charge in [0.15, 0.2) is 0 Å². The third-order valence-corrected chi connectivity index (χ3v) is 4.05. The third-order valence-electron chi connectivity index (χ3n) is 1.95. The molecule has 1 saturated carbocycles. The molecule has 58 valence electrons. The Morgan fingerprint density at radius 3 is 2.36 bits per heavy atom. The summed E-state index contributed by atoms with van der Waals surface area (Å²) < 4.78 is 7.90. The molecule has 1 atom stereocenters. The van der Waals surface area contributed by atoms with Gasteiger partial charge in [-0.3, -0.25) is 0 Å². The van der Waals surface area contributed by atoms with Crippen molar-refractivity contribution in [1.82, 2.24) is 0 Å². The molecule has 1 aliphatic carbocycles. The van der Waals surface area contributed by atoms with Gasteiger partial charge in [0, 0.05) is 0 Å². The van der Waals surface area contributed by atoms with E-state index >= 15 is 0 Å². The van der Waals surface area contributed by atoms with E-state index in [0.29, 0.717) is 5.25 Å². The van der Waals surface area contributed by atoms with E-state index < -0.39 is 10.7 Å². The van der Waals surface area contributed by atoms with Gasteiger partial charge in [0.2, 0.25) is 0 Å². The minimum absolute atomic E-state index is 0.574. The van der Waals surface area contributed by atoms with Crippen LogP contribution in [0.2, 0.25) is 0 Å². The molecular formula is C9H12NS+. The van der Waals surface area contributed by atoms with Crippen LogP contribution in [0.3, 0.4) is 0 Å². The summed E-state index contributed by atoms with van der Waals surface area (Å²) in [6.07, 6.45) is 2.56. The van der Waals surface area contributed by atoms with Crippen molar-refractivity contribution in [3.63, 3.8) is 0 Å². The molecule has 1 unspecified atom stereocenters. The highest BCUT2D eigenvalue weighted by Gasteiger charge is 2.32. The van der Waals surface area contributed by atoms with Crippen LogP contribution in [0.15, 0.2) is 35.2 Å². The van der Waals surface area contributed by atoms with Gasteiger partial charge in [-0.25, -0.2) is 0 Å². The summed E-state index contributed by atoms with van der Waals surface area (Å²) in [7, 11) is -0.574. The van der Waals surface area contributed by atoms with Gasteiger partial charge in [-0.1, -0.05) is 18.2 Å². The van der Waals surface area contributed by atoms with E-state index in [0.717, 1.165) is 0 Å². The van der Waals surface area contributed by atoms with Crippen LogP contribution >= 0.6 is 0 Å². The molecule has 1 N–H and O–H groups in total. The number of rotatable bonds is 2. The van der Waals surface area contributed by atoms with Crippen LogP contribution < -0.4 is 0 Å². The van der Waals surface area contributed by atoms with Gasteiger partial charge in [0.05, 0.1) is 0 Å². The first-order chi connectivity index (χ1) is 5.38.